The molecule has 0 saturated heterocycles. The monoisotopic (exact) mass is 337 g/mol. The number of hydrogen-bond acceptors (Lipinski definition) is 7. The molecule has 0 amide bonds. The summed E-state index contributed by atoms with van der Waals surface area (Å²) in [5.41, 5.74) is 0.239. The van der Waals surface area contributed by atoms with E-state index in [2.05, 4.69) is 14.7 Å². The summed E-state index contributed by atoms with van der Waals surface area (Å²) in [5, 5.41) is 0. The lowest BCUT2D eigenvalue weighted by molar-refractivity contribution is 0.171. The number of ether oxygens (including phenoxy) is 3. The molecule has 0 aliphatic carbocycles. The van der Waals surface area contributed by atoms with Crippen LogP contribution in [0, 0.1) is 0 Å². The van der Waals surface area contributed by atoms with Crippen LogP contribution in [0.3, 0.4) is 0 Å². The first-order valence-corrected chi connectivity index (χ1v) is 8.44. The second-order valence-corrected chi connectivity index (χ2v) is 6.28. The normalized spacial score (nSPS) is 13.4. The molecule has 0 atom stereocenters. The molecule has 0 saturated carbocycles. The molecule has 0 radical (unpaired) electrons. The quantitative estimate of drug-likeness (QED) is 0.881. The van der Waals surface area contributed by atoms with E-state index in [0.29, 0.717) is 31.3 Å². The highest BCUT2D eigenvalue weighted by Crippen LogP contribution is 2.32. The third-order valence-electron chi connectivity index (χ3n) is 2.98. The Morgan fingerprint density at radius 2 is 1.87 bits per heavy atom. The molecule has 23 heavy (non-hydrogen) atoms. The van der Waals surface area contributed by atoms with Crippen molar-refractivity contribution in [1.29, 1.82) is 0 Å². The molecule has 122 valence electrons. The molecule has 1 aromatic heterocycles. The van der Waals surface area contributed by atoms with E-state index in [1.165, 1.54) is 24.5 Å². The zero-order valence-corrected chi connectivity index (χ0v) is 13.2. The highest BCUT2D eigenvalue weighted by atomic mass is 32.2. The van der Waals surface area contributed by atoms with Gasteiger partial charge in [0, 0.05) is 6.07 Å². The van der Waals surface area contributed by atoms with Crippen molar-refractivity contribution < 1.29 is 22.6 Å². The first-order chi connectivity index (χ1) is 11.1. The maximum Gasteiger partial charge on any atom is 0.316 e. The Hall–Kier alpha value is -2.55. The third-order valence-corrected chi connectivity index (χ3v) is 4.36. The molecule has 1 aromatic carbocycles. The fraction of sp³-hybridized carbons (Fsp3) is 0.286. The number of anilines is 1. The van der Waals surface area contributed by atoms with Gasteiger partial charge in [-0.15, -0.1) is 0 Å². The summed E-state index contributed by atoms with van der Waals surface area (Å²) in [6.07, 6.45) is 2.68. The van der Waals surface area contributed by atoms with Crippen LogP contribution in [0.15, 0.2) is 35.5 Å². The van der Waals surface area contributed by atoms with Gasteiger partial charge in [0.15, 0.2) is 11.5 Å². The Morgan fingerprint density at radius 3 is 2.57 bits per heavy atom. The molecule has 0 spiro atoms. The van der Waals surface area contributed by atoms with E-state index in [1.54, 1.807) is 6.07 Å². The number of rotatable bonds is 5. The zero-order valence-electron chi connectivity index (χ0n) is 12.4. The van der Waals surface area contributed by atoms with Crippen LogP contribution in [0.1, 0.15) is 6.92 Å². The molecule has 3 rings (SSSR count). The third kappa shape index (κ3) is 3.45. The Bertz CT molecular complexity index is 793. The van der Waals surface area contributed by atoms with Crippen molar-refractivity contribution in [2.24, 2.45) is 0 Å². The van der Waals surface area contributed by atoms with Crippen molar-refractivity contribution in [2.75, 3.05) is 24.5 Å². The molecular weight excluding hydrogens is 322 g/mol. The van der Waals surface area contributed by atoms with E-state index in [1.807, 2.05) is 6.92 Å². The van der Waals surface area contributed by atoms with Crippen molar-refractivity contribution in [2.45, 2.75) is 11.8 Å². The van der Waals surface area contributed by atoms with Crippen molar-refractivity contribution >= 4 is 15.7 Å². The van der Waals surface area contributed by atoms with E-state index in [4.69, 9.17) is 14.2 Å². The number of nitrogens with zero attached hydrogens (tertiary/aromatic N) is 2. The summed E-state index contributed by atoms with van der Waals surface area (Å²) in [6.45, 7) is 3.07. The molecule has 9 heteroatoms. The number of nitrogens with one attached hydrogen (secondary N) is 1. The van der Waals surface area contributed by atoms with Gasteiger partial charge in [-0.1, -0.05) is 0 Å². The Morgan fingerprint density at radius 1 is 1.17 bits per heavy atom. The van der Waals surface area contributed by atoms with Gasteiger partial charge < -0.3 is 14.2 Å². The minimum absolute atomic E-state index is 0.0654. The van der Waals surface area contributed by atoms with E-state index in [0.717, 1.165) is 0 Å². The SMILES string of the molecule is CCOc1ncc(NS(=O)(=O)c2ccc3c(c2)OCCO3)cn1. The van der Waals surface area contributed by atoms with Gasteiger partial charge in [-0.25, -0.2) is 18.4 Å². The van der Waals surface area contributed by atoms with Gasteiger partial charge in [0.1, 0.15) is 13.2 Å². The molecule has 1 aliphatic rings. The molecule has 0 bridgehead atoms. The number of benzene rings is 1. The summed E-state index contributed by atoms with van der Waals surface area (Å²) in [5.74, 6) is 0.932. The van der Waals surface area contributed by atoms with Crippen molar-refractivity contribution in [3.63, 3.8) is 0 Å². The van der Waals surface area contributed by atoms with Crippen LogP contribution in [-0.4, -0.2) is 38.2 Å². The Labute approximate surface area is 133 Å². The summed E-state index contributed by atoms with van der Waals surface area (Å²) in [6, 6.07) is 4.63. The van der Waals surface area contributed by atoms with E-state index < -0.39 is 10.0 Å². The van der Waals surface area contributed by atoms with Gasteiger partial charge in [0.05, 0.1) is 29.6 Å². The van der Waals surface area contributed by atoms with Crippen LogP contribution >= 0.6 is 0 Å². The smallest absolute Gasteiger partial charge is 0.316 e. The average molecular weight is 337 g/mol. The fourth-order valence-corrected chi connectivity index (χ4v) is 3.02. The highest BCUT2D eigenvalue weighted by molar-refractivity contribution is 7.92. The molecule has 0 fully saturated rings. The van der Waals surface area contributed by atoms with Crippen molar-refractivity contribution in [3.05, 3.63) is 30.6 Å². The maximum atomic E-state index is 12.4. The van der Waals surface area contributed by atoms with Crippen molar-refractivity contribution in [3.8, 4) is 17.5 Å². The maximum absolute atomic E-state index is 12.4. The summed E-state index contributed by atoms with van der Waals surface area (Å²) < 4.78 is 43.1. The molecule has 2 heterocycles. The topological polar surface area (TPSA) is 99.6 Å². The zero-order chi connectivity index (χ0) is 16.3. The van der Waals surface area contributed by atoms with Crippen LogP contribution in [-0.2, 0) is 10.0 Å². The van der Waals surface area contributed by atoms with Gasteiger partial charge in [0.2, 0.25) is 0 Å². The van der Waals surface area contributed by atoms with Crippen LogP contribution in [0.25, 0.3) is 0 Å². The lowest BCUT2D eigenvalue weighted by atomic mass is 10.3. The minimum atomic E-state index is -3.78. The van der Waals surface area contributed by atoms with Gasteiger partial charge >= 0.3 is 6.01 Å². The second kappa shape index (κ2) is 6.29. The Balaban J connectivity index is 1.81. The average Bonchev–Trinajstić information content (AvgIpc) is 2.56. The minimum Gasteiger partial charge on any atom is -0.486 e. The standard InChI is InChI=1S/C14H15N3O5S/c1-2-20-14-15-8-10(9-16-14)17-23(18,19)11-3-4-12-13(7-11)22-6-5-21-12/h3-4,7-9,17H,2,5-6H2,1H3. The van der Waals surface area contributed by atoms with Crippen LogP contribution in [0.5, 0.6) is 17.5 Å². The van der Waals surface area contributed by atoms with E-state index in [-0.39, 0.29) is 16.6 Å². The fourth-order valence-electron chi connectivity index (χ4n) is 1.98. The van der Waals surface area contributed by atoms with Gasteiger partial charge in [-0.05, 0) is 19.1 Å². The molecule has 1 N–H and O–H groups in total. The number of sulfonamides is 1. The summed E-state index contributed by atoms with van der Waals surface area (Å²) in [7, 11) is -3.78. The van der Waals surface area contributed by atoms with Gasteiger partial charge in [-0.2, -0.15) is 0 Å². The second-order valence-electron chi connectivity index (χ2n) is 4.60. The largest absolute Gasteiger partial charge is 0.486 e. The number of hydrogen-bond donors (Lipinski definition) is 1. The first kappa shape index (κ1) is 15.3. The van der Waals surface area contributed by atoms with Crippen LogP contribution < -0.4 is 18.9 Å². The molecule has 8 nitrogen and oxygen atoms in total. The first-order valence-electron chi connectivity index (χ1n) is 6.96. The Kier molecular flexibility index (Phi) is 4.20. The van der Waals surface area contributed by atoms with Crippen LogP contribution in [0.2, 0.25) is 0 Å². The number of fused-ring (bicyclic) bond motifs is 1. The lowest BCUT2D eigenvalue weighted by Crippen LogP contribution is -2.17. The summed E-state index contributed by atoms with van der Waals surface area (Å²) in [4.78, 5) is 7.89. The lowest BCUT2D eigenvalue weighted by Gasteiger charge is -2.19. The molecular formula is C14H15N3O5S. The molecule has 1 aliphatic heterocycles. The van der Waals surface area contributed by atoms with Gasteiger partial charge in [0.25, 0.3) is 10.0 Å². The van der Waals surface area contributed by atoms with Crippen molar-refractivity contribution in [1.82, 2.24) is 9.97 Å². The highest BCUT2D eigenvalue weighted by Gasteiger charge is 2.19. The molecule has 2 aromatic rings. The van der Waals surface area contributed by atoms with E-state index in [9.17, 15) is 8.42 Å². The number of aromatic nitrogens is 2. The predicted octanol–water partition coefficient (Wildman–Crippen LogP) is 1.45. The van der Waals surface area contributed by atoms with Crippen LogP contribution in [0.4, 0.5) is 5.69 Å². The predicted molar refractivity (Wildman–Crippen MR) is 81.4 cm³/mol. The summed E-state index contributed by atoms with van der Waals surface area (Å²) >= 11 is 0. The van der Waals surface area contributed by atoms with Gasteiger partial charge in [-0.3, -0.25) is 4.72 Å². The molecule has 0 unspecified atom stereocenters. The van der Waals surface area contributed by atoms with E-state index >= 15 is 0 Å².